The minimum atomic E-state index is -0.384. The monoisotopic (exact) mass is 439 g/mol. The molecule has 0 bridgehead atoms. The van der Waals surface area contributed by atoms with Gasteiger partial charge in [-0.1, -0.05) is 54.2 Å². The lowest BCUT2D eigenvalue weighted by atomic mass is 10.0. The summed E-state index contributed by atoms with van der Waals surface area (Å²) in [6.45, 7) is 2.25. The summed E-state index contributed by atoms with van der Waals surface area (Å²) in [4.78, 5) is 31.7. The number of carbonyl (C=O) groups excluding carboxylic acids is 2. The molecule has 8 heteroatoms. The quantitative estimate of drug-likeness (QED) is 0.592. The minimum Gasteiger partial charge on any atom is -0.489 e. The molecule has 1 unspecified atom stereocenters. The second-order valence-corrected chi connectivity index (χ2v) is 9.20. The zero-order chi connectivity index (χ0) is 21.1. The molecule has 6 nitrogen and oxygen atoms in total. The highest BCUT2D eigenvalue weighted by Crippen LogP contribution is 2.40. The molecule has 0 fully saturated rings. The SMILES string of the molecule is Cc1nc(SCC(=O)N2c3ccccc3OCC2c2ccccc2)sc1CC(N)=O. The largest absolute Gasteiger partial charge is 0.489 e. The Balaban J connectivity index is 1.56. The van der Waals surface area contributed by atoms with E-state index in [0.29, 0.717) is 12.4 Å². The Labute approximate surface area is 183 Å². The molecule has 1 aliphatic rings. The number of hydrogen-bond acceptors (Lipinski definition) is 6. The molecular weight excluding hydrogens is 418 g/mol. The first kappa shape index (κ1) is 20.4. The van der Waals surface area contributed by atoms with E-state index in [-0.39, 0.29) is 30.0 Å². The molecule has 4 rings (SSSR count). The van der Waals surface area contributed by atoms with Crippen LogP contribution in [0.3, 0.4) is 0 Å². The van der Waals surface area contributed by atoms with Crippen LogP contribution in [-0.2, 0) is 16.0 Å². The molecule has 2 aromatic carbocycles. The number of ether oxygens (including phenoxy) is 1. The van der Waals surface area contributed by atoms with Gasteiger partial charge in [0, 0.05) is 4.88 Å². The van der Waals surface area contributed by atoms with Crippen molar-refractivity contribution in [1.29, 1.82) is 0 Å². The predicted molar refractivity (Wildman–Crippen MR) is 119 cm³/mol. The van der Waals surface area contributed by atoms with Crippen LogP contribution in [0.25, 0.3) is 0 Å². The Morgan fingerprint density at radius 1 is 1.20 bits per heavy atom. The summed E-state index contributed by atoms with van der Waals surface area (Å²) in [5, 5.41) is 0. The first-order chi connectivity index (χ1) is 14.5. The molecule has 2 N–H and O–H groups in total. The Kier molecular flexibility index (Phi) is 6.06. The topological polar surface area (TPSA) is 85.5 Å². The lowest BCUT2D eigenvalue weighted by Gasteiger charge is -2.37. The number of para-hydroxylation sites is 2. The molecule has 0 spiro atoms. The van der Waals surface area contributed by atoms with Gasteiger partial charge in [-0.25, -0.2) is 4.98 Å². The molecule has 0 aliphatic carbocycles. The third-order valence-corrected chi connectivity index (χ3v) is 7.10. The van der Waals surface area contributed by atoms with Crippen molar-refractivity contribution in [3.8, 4) is 5.75 Å². The average Bonchev–Trinajstić information content (AvgIpc) is 3.10. The van der Waals surface area contributed by atoms with Crippen molar-refractivity contribution in [1.82, 2.24) is 4.98 Å². The van der Waals surface area contributed by atoms with Gasteiger partial charge in [0.05, 0.1) is 29.6 Å². The molecule has 1 aliphatic heterocycles. The Morgan fingerprint density at radius 3 is 2.70 bits per heavy atom. The lowest BCUT2D eigenvalue weighted by Crippen LogP contribution is -2.42. The molecule has 2 amide bonds. The number of nitrogens with zero attached hydrogens (tertiary/aromatic N) is 2. The number of carbonyl (C=O) groups is 2. The van der Waals surface area contributed by atoms with Gasteiger partial charge < -0.3 is 10.5 Å². The summed E-state index contributed by atoms with van der Waals surface area (Å²) >= 11 is 2.79. The van der Waals surface area contributed by atoms with E-state index in [2.05, 4.69) is 4.98 Å². The summed E-state index contributed by atoms with van der Waals surface area (Å²) in [6.07, 6.45) is 0.172. The fraction of sp³-hybridized carbons (Fsp3) is 0.227. The van der Waals surface area contributed by atoms with Crippen molar-refractivity contribution in [2.45, 2.75) is 23.7 Å². The predicted octanol–water partition coefficient (Wildman–Crippen LogP) is 3.74. The highest BCUT2D eigenvalue weighted by Gasteiger charge is 2.33. The summed E-state index contributed by atoms with van der Waals surface area (Å²) in [7, 11) is 0. The highest BCUT2D eigenvalue weighted by atomic mass is 32.2. The highest BCUT2D eigenvalue weighted by molar-refractivity contribution is 8.01. The number of rotatable bonds is 6. The van der Waals surface area contributed by atoms with Gasteiger partial charge in [0.15, 0.2) is 4.34 Å². The maximum atomic E-state index is 13.3. The van der Waals surface area contributed by atoms with Gasteiger partial charge in [-0.15, -0.1) is 11.3 Å². The van der Waals surface area contributed by atoms with Crippen LogP contribution in [0.15, 0.2) is 58.9 Å². The Morgan fingerprint density at radius 2 is 1.93 bits per heavy atom. The molecule has 1 aromatic heterocycles. The maximum Gasteiger partial charge on any atom is 0.238 e. The summed E-state index contributed by atoms with van der Waals surface area (Å²) in [6, 6.07) is 17.3. The number of primary amides is 1. The van der Waals surface area contributed by atoms with E-state index in [0.717, 1.165) is 26.2 Å². The van der Waals surface area contributed by atoms with Crippen LogP contribution in [0.5, 0.6) is 5.75 Å². The van der Waals surface area contributed by atoms with Gasteiger partial charge in [0.2, 0.25) is 11.8 Å². The van der Waals surface area contributed by atoms with Gasteiger partial charge in [0.1, 0.15) is 12.4 Å². The Hall–Kier alpha value is -2.84. The second-order valence-electron chi connectivity index (χ2n) is 6.89. The van der Waals surface area contributed by atoms with Crippen LogP contribution in [-0.4, -0.2) is 29.2 Å². The van der Waals surface area contributed by atoms with Gasteiger partial charge in [-0.2, -0.15) is 0 Å². The molecule has 2 heterocycles. The summed E-state index contributed by atoms with van der Waals surface area (Å²) in [5.74, 6) is 0.538. The van der Waals surface area contributed by atoms with E-state index in [4.69, 9.17) is 10.5 Å². The van der Waals surface area contributed by atoms with E-state index < -0.39 is 0 Å². The number of nitrogens with two attached hydrogens (primary N) is 1. The third kappa shape index (κ3) is 4.34. The van der Waals surface area contributed by atoms with Crippen LogP contribution < -0.4 is 15.4 Å². The van der Waals surface area contributed by atoms with Crippen LogP contribution in [0, 0.1) is 6.92 Å². The summed E-state index contributed by atoms with van der Waals surface area (Å²) in [5.41, 5.74) is 7.88. The fourth-order valence-corrected chi connectivity index (χ4v) is 5.50. The average molecular weight is 440 g/mol. The number of amides is 2. The van der Waals surface area contributed by atoms with Crippen molar-refractivity contribution >= 4 is 40.6 Å². The number of aryl methyl sites for hydroxylation is 1. The molecule has 1 atom stereocenters. The number of hydrogen-bond donors (Lipinski definition) is 1. The van der Waals surface area contributed by atoms with E-state index in [1.165, 1.54) is 23.1 Å². The van der Waals surface area contributed by atoms with Crippen LogP contribution >= 0.6 is 23.1 Å². The van der Waals surface area contributed by atoms with Crippen LogP contribution in [0.1, 0.15) is 22.2 Å². The first-order valence-corrected chi connectivity index (χ1v) is 11.3. The third-order valence-electron chi connectivity index (χ3n) is 4.81. The van der Waals surface area contributed by atoms with E-state index in [1.807, 2.05) is 66.4 Å². The number of aromatic nitrogens is 1. The van der Waals surface area contributed by atoms with Crippen molar-refractivity contribution < 1.29 is 14.3 Å². The molecular formula is C22H21N3O3S2. The molecule has 154 valence electrons. The van der Waals surface area contributed by atoms with E-state index in [9.17, 15) is 9.59 Å². The van der Waals surface area contributed by atoms with Gasteiger partial charge in [-0.05, 0) is 24.6 Å². The zero-order valence-electron chi connectivity index (χ0n) is 16.4. The number of thioether (sulfide) groups is 1. The minimum absolute atomic E-state index is 0.0195. The van der Waals surface area contributed by atoms with Crippen molar-refractivity contribution in [3.63, 3.8) is 0 Å². The van der Waals surface area contributed by atoms with Crippen LogP contribution in [0.2, 0.25) is 0 Å². The first-order valence-electron chi connectivity index (χ1n) is 9.49. The van der Waals surface area contributed by atoms with Gasteiger partial charge in [-0.3, -0.25) is 14.5 Å². The number of thiazole rings is 1. The Bertz CT molecular complexity index is 1070. The van der Waals surface area contributed by atoms with Crippen molar-refractivity contribution in [2.75, 3.05) is 17.3 Å². The standard InChI is InChI=1S/C22H21N3O3S2/c1-14-19(11-20(23)26)30-22(24-14)29-13-21(27)25-16-9-5-6-10-18(16)28-12-17(25)15-7-3-2-4-8-15/h2-10,17H,11-13H2,1H3,(H2,23,26). The number of anilines is 1. The maximum absolute atomic E-state index is 13.3. The van der Waals surface area contributed by atoms with Gasteiger partial charge >= 0.3 is 0 Å². The zero-order valence-corrected chi connectivity index (χ0v) is 18.0. The molecule has 0 saturated heterocycles. The molecule has 0 saturated carbocycles. The fourth-order valence-electron chi connectivity index (χ4n) is 3.40. The smallest absolute Gasteiger partial charge is 0.238 e. The van der Waals surface area contributed by atoms with Crippen LogP contribution in [0.4, 0.5) is 5.69 Å². The van der Waals surface area contributed by atoms with Crippen molar-refractivity contribution in [2.24, 2.45) is 5.73 Å². The summed E-state index contributed by atoms with van der Waals surface area (Å²) < 4.78 is 6.69. The molecule has 3 aromatic rings. The van der Waals surface area contributed by atoms with E-state index in [1.54, 1.807) is 0 Å². The van der Waals surface area contributed by atoms with E-state index >= 15 is 0 Å². The lowest BCUT2D eigenvalue weighted by molar-refractivity contribution is -0.118. The van der Waals surface area contributed by atoms with Gasteiger partial charge in [0.25, 0.3) is 0 Å². The second kappa shape index (κ2) is 8.89. The molecule has 30 heavy (non-hydrogen) atoms. The normalized spacial score (nSPS) is 15.4. The number of fused-ring (bicyclic) bond motifs is 1. The number of benzene rings is 2. The van der Waals surface area contributed by atoms with Crippen molar-refractivity contribution in [3.05, 3.63) is 70.7 Å². The molecule has 0 radical (unpaired) electrons.